The van der Waals surface area contributed by atoms with Crippen molar-refractivity contribution < 1.29 is 32.9 Å². The minimum atomic E-state index is -4.64. The lowest BCUT2D eigenvalue weighted by atomic mass is 10.0. The SMILES string of the molecule is CC/C=C\C/C=C\C/C=C\C/C=C\C/C=C\C/C=C\C/C=C\C/C=C\C/C=C\C/C=C\C/C=C\CCCCCC(=O)NC(COP(=O)([O-])OCC[N+](C)(C)C)C(O)/C=C/CC/C=C/CCCCCCCCCCCCCCCCCCCCCCCCCC. The summed E-state index contributed by atoms with van der Waals surface area (Å²) in [5.41, 5.74) is 0. The topological polar surface area (TPSA) is 108 Å². The zero-order valence-corrected chi connectivity index (χ0v) is 59.0. The molecule has 0 aliphatic heterocycles. The smallest absolute Gasteiger partial charge is 0.268 e. The zero-order chi connectivity index (χ0) is 64.8. The molecule has 0 aromatic rings. The summed E-state index contributed by atoms with van der Waals surface area (Å²) in [5.74, 6) is -0.243. The Morgan fingerprint density at radius 2 is 0.697 bits per heavy atom. The third-order valence-electron chi connectivity index (χ3n) is 15.5. The number of amides is 1. The van der Waals surface area contributed by atoms with E-state index in [1.807, 2.05) is 27.2 Å². The predicted molar refractivity (Wildman–Crippen MR) is 389 cm³/mol. The molecule has 508 valence electrons. The summed E-state index contributed by atoms with van der Waals surface area (Å²) in [6.45, 7) is 4.50. The number of rotatable bonds is 65. The summed E-state index contributed by atoms with van der Waals surface area (Å²) in [4.78, 5) is 25.6. The van der Waals surface area contributed by atoms with Crippen LogP contribution in [0.2, 0.25) is 0 Å². The van der Waals surface area contributed by atoms with Gasteiger partial charge in [0.05, 0.1) is 39.9 Å². The van der Waals surface area contributed by atoms with Crippen LogP contribution in [-0.2, 0) is 18.4 Å². The molecule has 0 heterocycles. The molecule has 1 amide bonds. The van der Waals surface area contributed by atoms with E-state index in [9.17, 15) is 19.4 Å². The number of allylic oxidation sites excluding steroid dienone is 25. The molecule has 0 aliphatic carbocycles. The van der Waals surface area contributed by atoms with Crippen molar-refractivity contribution >= 4 is 13.7 Å². The first-order chi connectivity index (χ1) is 43.5. The van der Waals surface area contributed by atoms with Gasteiger partial charge in [-0.2, -0.15) is 0 Å². The fourth-order valence-electron chi connectivity index (χ4n) is 9.88. The predicted octanol–water partition coefficient (Wildman–Crippen LogP) is 23.1. The van der Waals surface area contributed by atoms with Gasteiger partial charge in [-0.25, -0.2) is 0 Å². The molecule has 0 bridgehead atoms. The fraction of sp³-hybridized carbons (Fsp3) is 0.662. The molecule has 0 radical (unpaired) electrons. The summed E-state index contributed by atoms with van der Waals surface area (Å²) in [6.07, 6.45) is 107. The van der Waals surface area contributed by atoms with Gasteiger partial charge in [0.1, 0.15) is 13.2 Å². The first kappa shape index (κ1) is 85.1. The number of aliphatic hydroxyl groups excluding tert-OH is 1. The lowest BCUT2D eigenvalue weighted by Crippen LogP contribution is -2.45. The Bertz CT molecular complexity index is 2010. The van der Waals surface area contributed by atoms with Crippen molar-refractivity contribution in [1.29, 1.82) is 0 Å². The molecule has 0 fully saturated rings. The Labute approximate surface area is 550 Å². The second-order valence-electron chi connectivity index (χ2n) is 25.2. The molecule has 2 N–H and O–H groups in total. The molecular weight excluding hydrogens is 1120 g/mol. The largest absolute Gasteiger partial charge is 0.756 e. The highest BCUT2D eigenvalue weighted by Gasteiger charge is 2.23. The van der Waals surface area contributed by atoms with Crippen molar-refractivity contribution in [3.8, 4) is 0 Å². The van der Waals surface area contributed by atoms with Crippen LogP contribution in [0.25, 0.3) is 0 Å². The van der Waals surface area contributed by atoms with Crippen LogP contribution in [0.5, 0.6) is 0 Å². The molecule has 0 spiro atoms. The standard InChI is InChI=1S/C80H137N2O6P/c1-6-8-10-12-14-16-18-20-22-24-26-28-30-32-34-36-38-39-40-41-42-43-44-46-48-50-52-54-56-58-60-62-64-66-68-70-72-74-80(84)81-78(77-88-89(85,86)87-76-75-82(3,4)5)79(83)73-71-69-67-65-63-61-59-57-55-53-51-49-47-45-37-35-33-31-29-27-25-23-21-19-17-15-13-11-9-7-2/h8,10,14,16,20,22,26,28,32,34,38-39,41-42,44,46,50,52,56,58,62-65,71,73,78-79,83H,6-7,9,11-13,15,17-19,21,23-25,27,29-31,33,35-37,40,43,45,47-49,51,53-55,57,59-61,66-70,72,74-77H2,1-5H3,(H-,81,84,85,86)/b10-8-,16-14-,22-20-,28-26-,34-32-,39-38-,42-41-,46-44-,52-50-,58-56-,64-62-,65-63+,73-71+. The molecular formula is C80H137N2O6P. The number of phosphoric acid groups is 1. The molecule has 0 aromatic heterocycles. The van der Waals surface area contributed by atoms with Gasteiger partial charge in [-0.15, -0.1) is 0 Å². The summed E-state index contributed by atoms with van der Waals surface area (Å²) >= 11 is 0. The van der Waals surface area contributed by atoms with Crippen molar-refractivity contribution in [2.24, 2.45) is 0 Å². The van der Waals surface area contributed by atoms with Crippen molar-refractivity contribution in [3.05, 3.63) is 158 Å². The summed E-state index contributed by atoms with van der Waals surface area (Å²) in [5, 5.41) is 13.9. The molecule has 89 heavy (non-hydrogen) atoms. The van der Waals surface area contributed by atoms with Crippen LogP contribution < -0.4 is 10.2 Å². The Morgan fingerprint density at radius 1 is 0.404 bits per heavy atom. The van der Waals surface area contributed by atoms with Crippen molar-refractivity contribution in [3.63, 3.8) is 0 Å². The maximum atomic E-state index is 13.0. The molecule has 3 unspecified atom stereocenters. The average molecular weight is 1250 g/mol. The van der Waals surface area contributed by atoms with Crippen LogP contribution in [0.4, 0.5) is 0 Å². The number of hydrogen-bond acceptors (Lipinski definition) is 6. The maximum Gasteiger partial charge on any atom is 0.268 e. The van der Waals surface area contributed by atoms with E-state index in [-0.39, 0.29) is 18.9 Å². The lowest BCUT2D eigenvalue weighted by molar-refractivity contribution is -0.870. The van der Waals surface area contributed by atoms with Gasteiger partial charge in [0.2, 0.25) is 5.91 Å². The van der Waals surface area contributed by atoms with Gasteiger partial charge >= 0.3 is 0 Å². The Balaban J connectivity index is 4.24. The first-order valence-corrected chi connectivity index (χ1v) is 37.8. The van der Waals surface area contributed by atoms with Crippen molar-refractivity contribution in [2.45, 2.75) is 302 Å². The summed E-state index contributed by atoms with van der Waals surface area (Å²) < 4.78 is 23.4. The Morgan fingerprint density at radius 3 is 1.04 bits per heavy atom. The van der Waals surface area contributed by atoms with E-state index in [2.05, 4.69) is 165 Å². The molecule has 8 nitrogen and oxygen atoms in total. The second-order valence-corrected chi connectivity index (χ2v) is 26.6. The highest BCUT2D eigenvalue weighted by molar-refractivity contribution is 7.45. The van der Waals surface area contributed by atoms with Gasteiger partial charge in [-0.1, -0.05) is 326 Å². The number of aliphatic hydroxyl groups is 1. The Hall–Kier alpha value is -3.88. The number of nitrogens with one attached hydrogen (secondary N) is 1. The zero-order valence-electron chi connectivity index (χ0n) is 58.1. The average Bonchev–Trinajstić information content (AvgIpc) is 3.57. The van der Waals surface area contributed by atoms with Crippen LogP contribution in [0, 0.1) is 0 Å². The van der Waals surface area contributed by atoms with Crippen LogP contribution in [0.15, 0.2) is 158 Å². The number of likely N-dealkylation sites (N-methyl/N-ethyl adjacent to an activating group) is 1. The van der Waals surface area contributed by atoms with Crippen molar-refractivity contribution in [1.82, 2.24) is 5.32 Å². The van der Waals surface area contributed by atoms with Crippen LogP contribution in [0.3, 0.4) is 0 Å². The number of hydrogen-bond donors (Lipinski definition) is 2. The fourth-order valence-corrected chi connectivity index (χ4v) is 10.6. The summed E-state index contributed by atoms with van der Waals surface area (Å²) in [6, 6.07) is -0.936. The van der Waals surface area contributed by atoms with Crippen LogP contribution in [0.1, 0.15) is 290 Å². The van der Waals surface area contributed by atoms with Crippen molar-refractivity contribution in [2.75, 3.05) is 40.9 Å². The molecule has 0 saturated carbocycles. The molecule has 0 saturated heterocycles. The van der Waals surface area contributed by atoms with Gasteiger partial charge in [0, 0.05) is 6.42 Å². The third kappa shape index (κ3) is 71.4. The molecule has 9 heteroatoms. The number of phosphoric ester groups is 1. The lowest BCUT2D eigenvalue weighted by Gasteiger charge is -2.29. The van der Waals surface area contributed by atoms with Crippen LogP contribution in [-0.4, -0.2) is 68.5 Å². The molecule has 3 atom stereocenters. The first-order valence-electron chi connectivity index (χ1n) is 36.3. The van der Waals surface area contributed by atoms with E-state index in [1.165, 1.54) is 154 Å². The summed E-state index contributed by atoms with van der Waals surface area (Å²) in [7, 11) is 1.20. The van der Waals surface area contributed by atoms with E-state index >= 15 is 0 Å². The number of unbranched alkanes of at least 4 members (excludes halogenated alkanes) is 28. The van der Waals surface area contributed by atoms with E-state index in [1.54, 1.807) is 6.08 Å². The van der Waals surface area contributed by atoms with Gasteiger partial charge in [0.25, 0.3) is 7.82 Å². The van der Waals surface area contributed by atoms with E-state index in [0.717, 1.165) is 109 Å². The maximum absolute atomic E-state index is 13.0. The molecule has 0 aliphatic rings. The highest BCUT2D eigenvalue weighted by Crippen LogP contribution is 2.38. The van der Waals surface area contributed by atoms with Gasteiger partial charge in [0.15, 0.2) is 0 Å². The van der Waals surface area contributed by atoms with Gasteiger partial charge in [-0.05, 0) is 116 Å². The third-order valence-corrected chi connectivity index (χ3v) is 16.4. The quantitative estimate of drug-likeness (QED) is 0.0272. The van der Waals surface area contributed by atoms with Gasteiger partial charge < -0.3 is 28.8 Å². The minimum absolute atomic E-state index is 0.0216. The minimum Gasteiger partial charge on any atom is -0.756 e. The number of carbonyl (C=O) groups excluding carboxylic acids is 1. The van der Waals surface area contributed by atoms with E-state index in [4.69, 9.17) is 9.05 Å². The second kappa shape index (κ2) is 68.5. The monoisotopic (exact) mass is 1250 g/mol. The van der Waals surface area contributed by atoms with E-state index < -0.39 is 26.6 Å². The molecule has 0 rings (SSSR count). The molecule has 0 aromatic carbocycles. The van der Waals surface area contributed by atoms with Gasteiger partial charge in [-0.3, -0.25) is 9.36 Å². The number of nitrogens with zero attached hydrogens (tertiary/aromatic N) is 1. The Kier molecular flexibility index (Phi) is 65.5. The highest BCUT2D eigenvalue weighted by atomic mass is 31.2. The van der Waals surface area contributed by atoms with Crippen LogP contribution >= 0.6 is 7.82 Å². The number of quaternary nitrogens is 1. The normalized spacial score (nSPS) is 14.6. The van der Waals surface area contributed by atoms with E-state index in [0.29, 0.717) is 17.4 Å². The number of carbonyl (C=O) groups is 1.